The van der Waals surface area contributed by atoms with E-state index in [2.05, 4.69) is 48.5 Å². The average molecular weight is 514 g/mol. The van der Waals surface area contributed by atoms with Crippen LogP contribution in [0.4, 0.5) is 0 Å². The minimum absolute atomic E-state index is 0. The molecule has 2 aliphatic rings. The molecule has 2 fully saturated rings. The summed E-state index contributed by atoms with van der Waals surface area (Å²) in [5, 5.41) is -1.19. The van der Waals surface area contributed by atoms with Crippen LogP contribution in [0.3, 0.4) is 0 Å². The number of carbonyl (C=O) groups is 1. The Bertz CT molecular complexity index is 888. The lowest BCUT2D eigenvalue weighted by Crippen LogP contribution is -2.38. The van der Waals surface area contributed by atoms with Crippen LogP contribution in [0.2, 0.25) is 0 Å². The van der Waals surface area contributed by atoms with Gasteiger partial charge in [-0.2, -0.15) is 8.42 Å². The van der Waals surface area contributed by atoms with Gasteiger partial charge in [0.2, 0.25) is 0 Å². The fourth-order valence-electron chi connectivity index (χ4n) is 4.61. The van der Waals surface area contributed by atoms with Gasteiger partial charge in [0.05, 0.1) is 0 Å². The molecule has 0 amide bonds. The molecule has 0 aromatic heterocycles. The molecule has 1 N–H and O–H groups in total. The molecule has 2 saturated carbocycles. The second kappa shape index (κ2) is 8.24. The van der Waals surface area contributed by atoms with E-state index in [9.17, 15) is 13.2 Å². The van der Waals surface area contributed by atoms with E-state index in [1.165, 1.54) is 11.1 Å². The first-order chi connectivity index (χ1) is 12.6. The lowest BCUT2D eigenvalue weighted by Gasteiger charge is -2.32. The van der Waals surface area contributed by atoms with Crippen LogP contribution in [0, 0.1) is 16.7 Å². The number of hydrogen-bond acceptors (Lipinski definition) is 3. The fraction of sp³-hybridized carbons (Fsp3) is 0.409. The van der Waals surface area contributed by atoms with Crippen molar-refractivity contribution in [1.29, 1.82) is 0 Å². The Hall–Kier alpha value is -1.25. The zero-order valence-corrected chi connectivity index (χ0v) is 19.5. The molecule has 3 atom stereocenters. The van der Waals surface area contributed by atoms with Crippen molar-refractivity contribution in [3.8, 4) is 11.1 Å². The van der Waals surface area contributed by atoms with Crippen LogP contribution in [-0.4, -0.2) is 24.0 Å². The van der Waals surface area contributed by atoms with Crippen LogP contribution in [0.1, 0.15) is 33.6 Å². The molecular formula is C22H27IO4S. The third kappa shape index (κ3) is 3.91. The number of benzene rings is 2. The number of halogens is 1. The van der Waals surface area contributed by atoms with Crippen molar-refractivity contribution in [2.45, 2.75) is 38.9 Å². The minimum Gasteiger partial charge on any atom is -0.297 e. The van der Waals surface area contributed by atoms with E-state index in [4.69, 9.17) is 4.55 Å². The number of rotatable bonds is 2. The molecule has 4 rings (SSSR count). The van der Waals surface area contributed by atoms with Crippen LogP contribution in [0.25, 0.3) is 11.1 Å². The van der Waals surface area contributed by atoms with E-state index in [-0.39, 0.29) is 41.1 Å². The predicted molar refractivity (Wildman–Crippen MR) is 122 cm³/mol. The highest BCUT2D eigenvalue weighted by atomic mass is 127. The molecule has 152 valence electrons. The maximum absolute atomic E-state index is 12.0. The van der Waals surface area contributed by atoms with Gasteiger partial charge in [-0.05, 0) is 35.3 Å². The van der Waals surface area contributed by atoms with E-state index >= 15 is 0 Å². The van der Waals surface area contributed by atoms with Crippen molar-refractivity contribution in [2.75, 3.05) is 0 Å². The number of Topliss-reactive ketones (excluding diaryl/α,β-unsaturated/α-hetero) is 1. The Morgan fingerprint density at radius 1 is 0.893 bits per heavy atom. The Morgan fingerprint density at radius 3 is 1.61 bits per heavy atom. The molecule has 2 bridgehead atoms. The SMILES string of the molecule is CC12CCC(C(S(=O)(=O)O)C1=O)C2(C)C.I.c1ccc(-c2ccccc2)cc1. The summed E-state index contributed by atoms with van der Waals surface area (Å²) in [5.74, 6) is -0.531. The highest BCUT2D eigenvalue weighted by Gasteiger charge is 2.69. The smallest absolute Gasteiger partial charge is 0.275 e. The van der Waals surface area contributed by atoms with Gasteiger partial charge in [0, 0.05) is 5.41 Å². The van der Waals surface area contributed by atoms with Gasteiger partial charge in [0.25, 0.3) is 10.1 Å². The van der Waals surface area contributed by atoms with E-state index in [0.29, 0.717) is 6.42 Å². The Morgan fingerprint density at radius 2 is 1.32 bits per heavy atom. The molecule has 2 aromatic carbocycles. The zero-order valence-electron chi connectivity index (χ0n) is 16.3. The second-order valence-corrected chi connectivity index (χ2v) is 9.77. The molecule has 3 unspecified atom stereocenters. The number of fused-ring (bicyclic) bond motifs is 2. The molecule has 0 saturated heterocycles. The van der Waals surface area contributed by atoms with Gasteiger partial charge in [-0.15, -0.1) is 24.0 Å². The van der Waals surface area contributed by atoms with Crippen LogP contribution in [0.15, 0.2) is 60.7 Å². The van der Waals surface area contributed by atoms with E-state index < -0.39 is 20.8 Å². The first-order valence-electron chi connectivity index (χ1n) is 9.20. The Balaban J connectivity index is 0.000000198. The van der Waals surface area contributed by atoms with Gasteiger partial charge in [-0.3, -0.25) is 9.35 Å². The molecule has 4 nitrogen and oxygen atoms in total. The molecular weight excluding hydrogens is 487 g/mol. The maximum Gasteiger partial charge on any atom is 0.275 e. The van der Waals surface area contributed by atoms with Crippen molar-refractivity contribution in [3.05, 3.63) is 60.7 Å². The van der Waals surface area contributed by atoms with Gasteiger partial charge in [0.1, 0.15) is 5.25 Å². The van der Waals surface area contributed by atoms with Crippen LogP contribution in [-0.2, 0) is 14.9 Å². The standard InChI is InChI=1S/C12H10.C10H16O4S.HI/c1-3-7-11(8-4-1)12-9-5-2-6-10-12;1-9(2)6-4-5-10(9,3)8(11)7(6)15(12,13)14;/h1-10H;6-7H,4-5H2,1-3H3,(H,12,13,14);1H. The summed E-state index contributed by atoms with van der Waals surface area (Å²) in [6, 6.07) is 20.8. The van der Waals surface area contributed by atoms with Crippen molar-refractivity contribution in [3.63, 3.8) is 0 Å². The van der Waals surface area contributed by atoms with Gasteiger partial charge < -0.3 is 0 Å². The Labute approximate surface area is 184 Å². The van der Waals surface area contributed by atoms with Crippen LogP contribution < -0.4 is 0 Å². The largest absolute Gasteiger partial charge is 0.297 e. The summed E-state index contributed by atoms with van der Waals surface area (Å²) >= 11 is 0. The molecule has 28 heavy (non-hydrogen) atoms. The summed E-state index contributed by atoms with van der Waals surface area (Å²) in [6.07, 6.45) is 1.44. The van der Waals surface area contributed by atoms with Crippen molar-refractivity contribution >= 4 is 39.9 Å². The fourth-order valence-corrected chi connectivity index (χ4v) is 6.03. The molecule has 2 aliphatic carbocycles. The van der Waals surface area contributed by atoms with E-state index in [0.717, 1.165) is 6.42 Å². The summed E-state index contributed by atoms with van der Waals surface area (Å²) in [6.45, 7) is 5.67. The lowest BCUT2D eigenvalue weighted by molar-refractivity contribution is -0.128. The molecule has 0 spiro atoms. The summed E-state index contributed by atoms with van der Waals surface area (Å²) in [4.78, 5) is 12.0. The minimum atomic E-state index is -4.24. The number of carbonyl (C=O) groups excluding carboxylic acids is 1. The molecule has 2 aromatic rings. The van der Waals surface area contributed by atoms with Gasteiger partial charge in [-0.25, -0.2) is 0 Å². The number of ketones is 1. The van der Waals surface area contributed by atoms with Crippen LogP contribution in [0.5, 0.6) is 0 Å². The quantitative estimate of drug-likeness (QED) is 0.440. The van der Waals surface area contributed by atoms with E-state index in [1.807, 2.05) is 32.9 Å². The average Bonchev–Trinajstić information content (AvgIpc) is 2.95. The normalized spacial score (nSPS) is 27.5. The topological polar surface area (TPSA) is 71.4 Å². The first kappa shape index (κ1) is 23.0. The van der Waals surface area contributed by atoms with Crippen molar-refractivity contribution in [1.82, 2.24) is 0 Å². The summed E-state index contributed by atoms with van der Waals surface area (Å²) < 4.78 is 31.5. The first-order valence-corrected chi connectivity index (χ1v) is 10.7. The zero-order chi connectivity index (χ0) is 19.9. The summed E-state index contributed by atoms with van der Waals surface area (Å²) in [7, 11) is -4.24. The lowest BCUT2D eigenvalue weighted by atomic mass is 9.70. The molecule has 6 heteroatoms. The summed E-state index contributed by atoms with van der Waals surface area (Å²) in [5.41, 5.74) is 1.64. The van der Waals surface area contributed by atoms with Gasteiger partial charge in [-0.1, -0.05) is 81.4 Å². The second-order valence-electron chi connectivity index (χ2n) is 8.23. The molecule has 0 heterocycles. The highest BCUT2D eigenvalue weighted by molar-refractivity contribution is 14.0. The Kier molecular flexibility index (Phi) is 6.78. The maximum atomic E-state index is 12.0. The monoisotopic (exact) mass is 514 g/mol. The third-order valence-corrected chi connectivity index (χ3v) is 7.86. The molecule has 0 radical (unpaired) electrons. The van der Waals surface area contributed by atoms with Gasteiger partial charge in [0.15, 0.2) is 5.78 Å². The predicted octanol–water partition coefficient (Wildman–Crippen LogP) is 5.24. The van der Waals surface area contributed by atoms with Gasteiger partial charge >= 0.3 is 0 Å². The highest BCUT2D eigenvalue weighted by Crippen LogP contribution is 2.64. The van der Waals surface area contributed by atoms with Crippen LogP contribution >= 0.6 is 24.0 Å². The number of hydrogen-bond donors (Lipinski definition) is 1. The molecule has 0 aliphatic heterocycles. The van der Waals surface area contributed by atoms with Crippen molar-refractivity contribution < 1.29 is 17.8 Å². The van der Waals surface area contributed by atoms with E-state index in [1.54, 1.807) is 0 Å². The third-order valence-electron chi connectivity index (χ3n) is 6.67. The van der Waals surface area contributed by atoms with Crippen molar-refractivity contribution in [2.24, 2.45) is 16.7 Å².